The van der Waals surface area contributed by atoms with Gasteiger partial charge in [-0.3, -0.25) is 4.79 Å². The van der Waals surface area contributed by atoms with Crippen LogP contribution in [0.4, 0.5) is 0 Å². The van der Waals surface area contributed by atoms with Crippen molar-refractivity contribution in [2.75, 3.05) is 26.3 Å². The van der Waals surface area contributed by atoms with Gasteiger partial charge in [-0.05, 0) is 30.2 Å². The highest BCUT2D eigenvalue weighted by Gasteiger charge is 2.58. The van der Waals surface area contributed by atoms with Crippen LogP contribution in [0.15, 0.2) is 22.7 Å². The smallest absolute Gasteiger partial charge is 0.229 e. The largest absolute Gasteiger partial charge is 0.492 e. The third kappa shape index (κ3) is 2.46. The number of hydrogen-bond donors (Lipinski definition) is 2. The van der Waals surface area contributed by atoms with Crippen molar-refractivity contribution < 1.29 is 24.5 Å². The van der Waals surface area contributed by atoms with Crippen LogP contribution >= 0.6 is 15.9 Å². The Morgan fingerprint density at radius 3 is 2.78 bits per heavy atom. The lowest BCUT2D eigenvalue weighted by molar-refractivity contribution is -0.178. The number of rotatable bonds is 1. The van der Waals surface area contributed by atoms with Gasteiger partial charge >= 0.3 is 0 Å². The molecule has 2 fully saturated rings. The summed E-state index contributed by atoms with van der Waals surface area (Å²) >= 11 is 3.43. The van der Waals surface area contributed by atoms with E-state index in [9.17, 15) is 15.0 Å². The Morgan fingerprint density at radius 1 is 1.30 bits per heavy atom. The van der Waals surface area contributed by atoms with Crippen molar-refractivity contribution in [2.45, 2.75) is 24.2 Å². The van der Waals surface area contributed by atoms with E-state index in [0.29, 0.717) is 26.1 Å². The maximum atomic E-state index is 12.6. The Morgan fingerprint density at radius 2 is 2.09 bits per heavy atom. The molecule has 6 nitrogen and oxygen atoms in total. The summed E-state index contributed by atoms with van der Waals surface area (Å²) in [7, 11) is 0. The number of fused-ring (bicyclic) bond motifs is 1. The second kappa shape index (κ2) is 5.44. The van der Waals surface area contributed by atoms with E-state index >= 15 is 0 Å². The van der Waals surface area contributed by atoms with Gasteiger partial charge in [0.15, 0.2) is 0 Å². The number of likely N-dealkylation sites (tertiary alicyclic amines) is 1. The van der Waals surface area contributed by atoms with Crippen molar-refractivity contribution >= 4 is 21.8 Å². The summed E-state index contributed by atoms with van der Waals surface area (Å²) in [4.78, 5) is 14.3. The van der Waals surface area contributed by atoms with Gasteiger partial charge in [0.25, 0.3) is 0 Å². The van der Waals surface area contributed by atoms with Crippen molar-refractivity contribution in [2.24, 2.45) is 5.92 Å². The molecule has 23 heavy (non-hydrogen) atoms. The monoisotopic (exact) mass is 383 g/mol. The number of ether oxygens (including phenoxy) is 2. The second-order valence-corrected chi connectivity index (χ2v) is 7.46. The molecule has 124 valence electrons. The van der Waals surface area contributed by atoms with E-state index in [0.717, 1.165) is 15.8 Å². The molecule has 0 aromatic heterocycles. The van der Waals surface area contributed by atoms with Gasteiger partial charge in [0.1, 0.15) is 30.2 Å². The molecule has 1 spiro atoms. The zero-order valence-electron chi connectivity index (χ0n) is 12.4. The van der Waals surface area contributed by atoms with Gasteiger partial charge in [0.05, 0.1) is 25.6 Å². The molecule has 7 heteroatoms. The number of halogens is 1. The summed E-state index contributed by atoms with van der Waals surface area (Å²) in [6.45, 7) is 1.14. The van der Waals surface area contributed by atoms with Crippen LogP contribution in [0, 0.1) is 5.92 Å². The first-order chi connectivity index (χ1) is 11.0. The van der Waals surface area contributed by atoms with Crippen molar-refractivity contribution in [3.05, 3.63) is 28.2 Å². The maximum Gasteiger partial charge on any atom is 0.229 e. The minimum atomic E-state index is -0.925. The van der Waals surface area contributed by atoms with Crippen molar-refractivity contribution in [3.8, 4) is 5.75 Å². The summed E-state index contributed by atoms with van der Waals surface area (Å²) in [5.74, 6) is 0.617. The van der Waals surface area contributed by atoms with Gasteiger partial charge in [0.2, 0.25) is 5.91 Å². The first kappa shape index (κ1) is 15.4. The number of nitrogens with zero attached hydrogens (tertiary/aromatic N) is 1. The van der Waals surface area contributed by atoms with Crippen LogP contribution in [0.25, 0.3) is 0 Å². The van der Waals surface area contributed by atoms with Gasteiger partial charge in [-0.25, -0.2) is 0 Å². The maximum absolute atomic E-state index is 12.6. The number of hydrogen-bond acceptors (Lipinski definition) is 5. The quantitative estimate of drug-likeness (QED) is 0.730. The topological polar surface area (TPSA) is 79.2 Å². The number of aliphatic hydroxyl groups excluding tert-OH is 2. The Bertz CT molecular complexity index is 645. The van der Waals surface area contributed by atoms with Gasteiger partial charge in [-0.1, -0.05) is 15.9 Å². The van der Waals surface area contributed by atoms with Crippen molar-refractivity contribution in [1.82, 2.24) is 4.90 Å². The molecule has 1 aromatic carbocycles. The molecule has 0 aliphatic carbocycles. The molecule has 3 aliphatic rings. The fourth-order valence-corrected chi connectivity index (χ4v) is 4.00. The van der Waals surface area contributed by atoms with Gasteiger partial charge in [-0.15, -0.1) is 0 Å². The van der Waals surface area contributed by atoms with Gasteiger partial charge in [-0.2, -0.15) is 0 Å². The summed E-state index contributed by atoms with van der Waals surface area (Å²) in [6.07, 6.45) is -1.15. The molecule has 0 saturated carbocycles. The highest BCUT2D eigenvalue weighted by atomic mass is 79.9. The minimum Gasteiger partial charge on any atom is -0.492 e. The summed E-state index contributed by atoms with van der Waals surface area (Å²) in [5.41, 5.74) is 0.234. The van der Waals surface area contributed by atoms with Crippen LogP contribution in [0.5, 0.6) is 5.75 Å². The number of benzene rings is 1. The van der Waals surface area contributed by atoms with Crippen molar-refractivity contribution in [3.63, 3.8) is 0 Å². The zero-order chi connectivity index (χ0) is 16.2. The van der Waals surface area contributed by atoms with E-state index in [-0.39, 0.29) is 18.4 Å². The predicted molar refractivity (Wildman–Crippen MR) is 84.1 cm³/mol. The van der Waals surface area contributed by atoms with Crippen LogP contribution in [0.3, 0.4) is 0 Å². The standard InChI is InChI=1S/C16H18BrNO5/c17-11-1-2-13-9(4-11)3-10(5-22-13)15(21)18-7-16(8-18)14(20)12(19)6-23-16/h1-2,4,10,12,14,19-20H,3,5-8H2/t10?,12-,14-/m1/s1. The molecular weight excluding hydrogens is 366 g/mol. The van der Waals surface area contributed by atoms with Crippen molar-refractivity contribution in [1.29, 1.82) is 0 Å². The summed E-state index contributed by atoms with van der Waals surface area (Å²) in [5, 5.41) is 19.6. The van der Waals surface area contributed by atoms with Crippen LogP contribution in [-0.4, -0.2) is 65.1 Å². The van der Waals surface area contributed by atoms with Crippen LogP contribution in [0.1, 0.15) is 5.56 Å². The molecule has 0 bridgehead atoms. The number of carbonyl (C=O) groups is 1. The molecule has 3 atom stereocenters. The summed E-state index contributed by atoms with van der Waals surface area (Å²) in [6, 6.07) is 5.81. The molecule has 1 aromatic rings. The Kier molecular flexibility index (Phi) is 3.64. The first-order valence-corrected chi connectivity index (χ1v) is 8.48. The Hall–Kier alpha value is -1.15. The SMILES string of the molecule is O=C(C1COc2ccc(Br)cc2C1)N1CC2(C1)OC[C@@H](O)[C@H]2O. The summed E-state index contributed by atoms with van der Waals surface area (Å²) < 4.78 is 12.2. The third-order valence-electron chi connectivity index (χ3n) is 4.95. The molecule has 1 unspecified atom stereocenters. The lowest BCUT2D eigenvalue weighted by Crippen LogP contribution is -2.69. The molecule has 2 saturated heterocycles. The van der Waals surface area contributed by atoms with E-state index in [4.69, 9.17) is 9.47 Å². The normalized spacial score (nSPS) is 31.4. The van der Waals surface area contributed by atoms with E-state index in [1.807, 2.05) is 18.2 Å². The zero-order valence-corrected chi connectivity index (χ0v) is 14.0. The molecule has 1 amide bonds. The van der Waals surface area contributed by atoms with E-state index in [1.165, 1.54) is 0 Å². The highest BCUT2D eigenvalue weighted by Crippen LogP contribution is 2.37. The Balaban J connectivity index is 1.42. The molecule has 3 aliphatic heterocycles. The molecule has 2 N–H and O–H groups in total. The average molecular weight is 384 g/mol. The van der Waals surface area contributed by atoms with Crippen LogP contribution in [-0.2, 0) is 16.0 Å². The Labute approximate surface area is 142 Å². The number of aliphatic hydroxyl groups is 2. The minimum absolute atomic E-state index is 0.0124. The average Bonchev–Trinajstić information content (AvgIpc) is 2.80. The van der Waals surface area contributed by atoms with Gasteiger partial charge in [0, 0.05) is 4.47 Å². The number of amides is 1. The second-order valence-electron chi connectivity index (χ2n) is 6.55. The van der Waals surface area contributed by atoms with Crippen LogP contribution < -0.4 is 4.74 Å². The lowest BCUT2D eigenvalue weighted by atomic mass is 9.85. The fraction of sp³-hybridized carbons (Fsp3) is 0.562. The predicted octanol–water partition coefficient (Wildman–Crippen LogP) is 0.333. The third-order valence-corrected chi connectivity index (χ3v) is 5.45. The molecular formula is C16H18BrNO5. The van der Waals surface area contributed by atoms with Gasteiger partial charge < -0.3 is 24.6 Å². The highest BCUT2D eigenvalue weighted by molar-refractivity contribution is 9.10. The molecule has 0 radical (unpaired) electrons. The van der Waals surface area contributed by atoms with E-state index in [1.54, 1.807) is 4.90 Å². The lowest BCUT2D eigenvalue weighted by Gasteiger charge is -2.49. The van der Waals surface area contributed by atoms with E-state index in [2.05, 4.69) is 15.9 Å². The fourth-order valence-electron chi connectivity index (χ4n) is 3.59. The van der Waals surface area contributed by atoms with E-state index < -0.39 is 17.8 Å². The van der Waals surface area contributed by atoms with Crippen LogP contribution in [0.2, 0.25) is 0 Å². The molecule has 4 rings (SSSR count). The number of carbonyl (C=O) groups excluding carboxylic acids is 1. The first-order valence-electron chi connectivity index (χ1n) is 7.69. The molecule has 3 heterocycles.